The second-order valence-electron chi connectivity index (χ2n) is 6.66. The molecule has 0 spiro atoms. The van der Waals surface area contributed by atoms with Gasteiger partial charge in [0.05, 0.1) is 5.69 Å². The van der Waals surface area contributed by atoms with Gasteiger partial charge in [-0.25, -0.2) is 4.68 Å². The van der Waals surface area contributed by atoms with Crippen molar-refractivity contribution in [1.82, 2.24) is 25.1 Å². The largest absolute Gasteiger partial charge is 0.338 e. The molecule has 0 unspecified atom stereocenters. The zero-order valence-electron chi connectivity index (χ0n) is 14.5. The summed E-state index contributed by atoms with van der Waals surface area (Å²) in [5, 5.41) is 11.2. The lowest BCUT2D eigenvalue weighted by Crippen LogP contribution is -2.34. The standard InChI is InChI=1S/C20H21N5O/c26-20(17-10-6-11-19(13-17)25-15-21-22-23-25)24-12-5-4-9-18(14-24)16-7-2-1-3-8-16/h1-3,6-8,10-11,13,15,18H,4-5,9,12,14H2/t18-/m1/s1. The van der Waals surface area contributed by atoms with Gasteiger partial charge in [0, 0.05) is 24.6 Å². The predicted molar refractivity (Wildman–Crippen MR) is 98.1 cm³/mol. The molecule has 0 aliphatic carbocycles. The van der Waals surface area contributed by atoms with Crippen LogP contribution < -0.4 is 0 Å². The van der Waals surface area contributed by atoms with E-state index in [1.54, 1.807) is 4.68 Å². The lowest BCUT2D eigenvalue weighted by Gasteiger charge is -2.25. The van der Waals surface area contributed by atoms with E-state index in [-0.39, 0.29) is 5.91 Å². The number of carbonyl (C=O) groups excluding carboxylic acids is 1. The van der Waals surface area contributed by atoms with Crippen LogP contribution in [-0.2, 0) is 0 Å². The molecule has 6 heteroatoms. The van der Waals surface area contributed by atoms with Crippen LogP contribution in [0.2, 0.25) is 0 Å². The number of benzene rings is 2. The topological polar surface area (TPSA) is 63.9 Å². The molecule has 0 saturated carbocycles. The third kappa shape index (κ3) is 3.49. The Hall–Kier alpha value is -3.02. The van der Waals surface area contributed by atoms with E-state index in [0.29, 0.717) is 11.5 Å². The molecule has 1 fully saturated rings. The van der Waals surface area contributed by atoms with Crippen LogP contribution >= 0.6 is 0 Å². The van der Waals surface area contributed by atoms with Crippen molar-refractivity contribution in [3.05, 3.63) is 72.1 Å². The molecule has 26 heavy (non-hydrogen) atoms. The Morgan fingerprint density at radius 2 is 1.92 bits per heavy atom. The number of hydrogen-bond acceptors (Lipinski definition) is 4. The van der Waals surface area contributed by atoms with Crippen LogP contribution in [0.1, 0.15) is 41.1 Å². The van der Waals surface area contributed by atoms with Gasteiger partial charge >= 0.3 is 0 Å². The van der Waals surface area contributed by atoms with E-state index in [0.717, 1.165) is 38.0 Å². The number of rotatable bonds is 3. The highest BCUT2D eigenvalue weighted by molar-refractivity contribution is 5.94. The normalized spacial score (nSPS) is 17.7. The number of nitrogens with zero attached hydrogens (tertiary/aromatic N) is 5. The van der Waals surface area contributed by atoms with E-state index < -0.39 is 0 Å². The highest BCUT2D eigenvalue weighted by atomic mass is 16.2. The number of tetrazole rings is 1. The Labute approximate surface area is 152 Å². The van der Waals surface area contributed by atoms with Crippen LogP contribution in [-0.4, -0.2) is 44.1 Å². The summed E-state index contributed by atoms with van der Waals surface area (Å²) in [7, 11) is 0. The summed E-state index contributed by atoms with van der Waals surface area (Å²) in [5.41, 5.74) is 2.77. The molecule has 6 nitrogen and oxygen atoms in total. The Kier molecular flexibility index (Phi) is 4.73. The molecule has 132 valence electrons. The van der Waals surface area contributed by atoms with E-state index in [2.05, 4.69) is 39.8 Å². The zero-order chi connectivity index (χ0) is 17.8. The van der Waals surface area contributed by atoms with Gasteiger partial charge in [0.1, 0.15) is 6.33 Å². The van der Waals surface area contributed by atoms with Crippen molar-refractivity contribution in [3.8, 4) is 5.69 Å². The number of amides is 1. The Bertz CT molecular complexity index is 863. The summed E-state index contributed by atoms with van der Waals surface area (Å²) < 4.78 is 1.56. The van der Waals surface area contributed by atoms with Crippen molar-refractivity contribution in [1.29, 1.82) is 0 Å². The van der Waals surface area contributed by atoms with Gasteiger partial charge in [-0.05, 0) is 47.0 Å². The van der Waals surface area contributed by atoms with Crippen molar-refractivity contribution < 1.29 is 4.79 Å². The second kappa shape index (κ2) is 7.47. The van der Waals surface area contributed by atoms with E-state index in [1.807, 2.05) is 35.2 Å². The molecule has 3 aromatic rings. The third-order valence-corrected chi connectivity index (χ3v) is 4.94. The summed E-state index contributed by atoms with van der Waals surface area (Å²) in [6, 6.07) is 18.0. The van der Waals surface area contributed by atoms with Gasteiger partial charge in [0.25, 0.3) is 5.91 Å². The van der Waals surface area contributed by atoms with Gasteiger partial charge in [0.15, 0.2) is 0 Å². The van der Waals surface area contributed by atoms with Gasteiger partial charge in [0.2, 0.25) is 0 Å². The lowest BCUT2D eigenvalue weighted by atomic mass is 9.94. The van der Waals surface area contributed by atoms with Gasteiger partial charge < -0.3 is 4.90 Å². The Morgan fingerprint density at radius 3 is 2.73 bits per heavy atom. The molecular formula is C20H21N5O. The molecule has 1 saturated heterocycles. The van der Waals surface area contributed by atoms with E-state index in [9.17, 15) is 4.79 Å². The third-order valence-electron chi connectivity index (χ3n) is 4.94. The summed E-state index contributed by atoms with van der Waals surface area (Å²) in [4.78, 5) is 15.1. The molecule has 1 atom stereocenters. The van der Waals surface area contributed by atoms with Gasteiger partial charge in [-0.1, -0.05) is 42.8 Å². The minimum Gasteiger partial charge on any atom is -0.338 e. The first-order valence-corrected chi connectivity index (χ1v) is 8.99. The van der Waals surface area contributed by atoms with Gasteiger partial charge in [-0.3, -0.25) is 4.79 Å². The summed E-state index contributed by atoms with van der Waals surface area (Å²) >= 11 is 0. The monoisotopic (exact) mass is 347 g/mol. The van der Waals surface area contributed by atoms with Gasteiger partial charge in [-0.2, -0.15) is 0 Å². The van der Waals surface area contributed by atoms with Gasteiger partial charge in [-0.15, -0.1) is 5.10 Å². The molecular weight excluding hydrogens is 326 g/mol. The SMILES string of the molecule is O=C(c1cccc(-n2cnnn2)c1)N1CCCC[C@@H](c2ccccc2)C1. The molecule has 2 heterocycles. The molecule has 1 aromatic heterocycles. The zero-order valence-corrected chi connectivity index (χ0v) is 14.5. The smallest absolute Gasteiger partial charge is 0.253 e. The average molecular weight is 347 g/mol. The average Bonchev–Trinajstić information content (AvgIpc) is 3.13. The Balaban J connectivity index is 1.56. The van der Waals surface area contributed by atoms with Crippen molar-refractivity contribution in [2.75, 3.05) is 13.1 Å². The minimum atomic E-state index is 0.0720. The second-order valence-corrected chi connectivity index (χ2v) is 6.66. The summed E-state index contributed by atoms with van der Waals surface area (Å²) in [5.74, 6) is 0.466. The quantitative estimate of drug-likeness (QED) is 0.730. The maximum Gasteiger partial charge on any atom is 0.253 e. The first-order valence-electron chi connectivity index (χ1n) is 8.99. The fraction of sp³-hybridized carbons (Fsp3) is 0.300. The highest BCUT2D eigenvalue weighted by Crippen LogP contribution is 2.27. The lowest BCUT2D eigenvalue weighted by molar-refractivity contribution is 0.0754. The van der Waals surface area contributed by atoms with Crippen LogP contribution in [0.15, 0.2) is 60.9 Å². The number of likely N-dealkylation sites (tertiary alicyclic amines) is 1. The summed E-state index contributed by atoms with van der Waals surface area (Å²) in [6.07, 6.45) is 4.84. The van der Waals surface area contributed by atoms with Crippen LogP contribution in [0.25, 0.3) is 5.69 Å². The fourth-order valence-corrected chi connectivity index (χ4v) is 3.57. The van der Waals surface area contributed by atoms with E-state index >= 15 is 0 Å². The maximum absolute atomic E-state index is 13.1. The highest BCUT2D eigenvalue weighted by Gasteiger charge is 2.24. The first kappa shape index (κ1) is 16.4. The van der Waals surface area contributed by atoms with E-state index in [1.165, 1.54) is 11.9 Å². The van der Waals surface area contributed by atoms with E-state index in [4.69, 9.17) is 0 Å². The molecule has 0 radical (unpaired) electrons. The number of aromatic nitrogens is 4. The molecule has 2 aromatic carbocycles. The maximum atomic E-state index is 13.1. The van der Waals surface area contributed by atoms with Crippen LogP contribution in [0.4, 0.5) is 0 Å². The van der Waals surface area contributed by atoms with Crippen molar-refractivity contribution in [2.24, 2.45) is 0 Å². The van der Waals surface area contributed by atoms with Crippen molar-refractivity contribution in [3.63, 3.8) is 0 Å². The van der Waals surface area contributed by atoms with Crippen LogP contribution in [0.3, 0.4) is 0 Å². The van der Waals surface area contributed by atoms with Crippen LogP contribution in [0.5, 0.6) is 0 Å². The summed E-state index contributed by atoms with van der Waals surface area (Å²) in [6.45, 7) is 1.56. The van der Waals surface area contributed by atoms with Crippen LogP contribution in [0, 0.1) is 0 Å². The number of hydrogen-bond donors (Lipinski definition) is 0. The van der Waals surface area contributed by atoms with Crippen molar-refractivity contribution in [2.45, 2.75) is 25.2 Å². The molecule has 0 bridgehead atoms. The Morgan fingerprint density at radius 1 is 1.04 bits per heavy atom. The molecule has 0 N–H and O–H groups in total. The number of carbonyl (C=O) groups is 1. The van der Waals surface area contributed by atoms with Crippen molar-refractivity contribution >= 4 is 5.91 Å². The first-order chi connectivity index (χ1) is 12.8. The predicted octanol–water partition coefficient (Wildman–Crippen LogP) is 3.07. The molecule has 1 aliphatic rings. The fourth-order valence-electron chi connectivity index (χ4n) is 3.57. The molecule has 4 rings (SSSR count). The molecule has 1 amide bonds. The minimum absolute atomic E-state index is 0.0720. The molecule has 1 aliphatic heterocycles.